The summed E-state index contributed by atoms with van der Waals surface area (Å²) in [4.78, 5) is 8.08. The molecule has 24 heavy (non-hydrogen) atoms. The van der Waals surface area contributed by atoms with Gasteiger partial charge in [0.25, 0.3) is 0 Å². The maximum atomic E-state index is 12.7. The molecule has 1 saturated heterocycles. The Kier molecular flexibility index (Phi) is 4.91. The Morgan fingerprint density at radius 1 is 1.12 bits per heavy atom. The van der Waals surface area contributed by atoms with Crippen LogP contribution in [0.2, 0.25) is 5.02 Å². The Morgan fingerprint density at radius 2 is 1.88 bits per heavy atom. The molecule has 0 saturated carbocycles. The molecule has 0 unspecified atom stereocenters. The van der Waals surface area contributed by atoms with Gasteiger partial charge in [0, 0.05) is 45.1 Å². The van der Waals surface area contributed by atoms with Gasteiger partial charge in [-0.15, -0.1) is 5.10 Å². The van der Waals surface area contributed by atoms with Gasteiger partial charge in [0.05, 0.1) is 23.3 Å². The van der Waals surface area contributed by atoms with E-state index in [0.717, 1.165) is 38.4 Å². The van der Waals surface area contributed by atoms with Crippen molar-refractivity contribution in [2.75, 3.05) is 37.6 Å². The number of anilines is 1. The van der Waals surface area contributed by atoms with Gasteiger partial charge in [-0.3, -0.25) is 9.58 Å². The molecule has 3 heterocycles. The van der Waals surface area contributed by atoms with E-state index < -0.39 is 11.7 Å². The molecular formula is C14H16ClF3N6. The topological polar surface area (TPSA) is 50.1 Å². The zero-order chi connectivity index (χ0) is 17.2. The average Bonchev–Trinajstić information content (AvgIpc) is 3.06. The largest absolute Gasteiger partial charge is 0.417 e. The van der Waals surface area contributed by atoms with Crippen molar-refractivity contribution >= 4 is 17.4 Å². The van der Waals surface area contributed by atoms with Gasteiger partial charge >= 0.3 is 6.18 Å². The number of halogens is 4. The molecule has 3 rings (SSSR count). The third-order valence-corrected chi connectivity index (χ3v) is 4.22. The molecule has 6 nitrogen and oxygen atoms in total. The molecule has 0 amide bonds. The summed E-state index contributed by atoms with van der Waals surface area (Å²) in [5.41, 5.74) is -0.831. The summed E-state index contributed by atoms with van der Waals surface area (Å²) in [6.07, 6.45) is -0.161. The van der Waals surface area contributed by atoms with Gasteiger partial charge in [0.2, 0.25) is 0 Å². The quantitative estimate of drug-likeness (QED) is 0.836. The van der Waals surface area contributed by atoms with Gasteiger partial charge in [-0.05, 0) is 6.07 Å². The van der Waals surface area contributed by atoms with Crippen LogP contribution in [0.5, 0.6) is 0 Å². The molecule has 0 aromatic carbocycles. The molecule has 0 aliphatic carbocycles. The van der Waals surface area contributed by atoms with Crippen molar-refractivity contribution in [3.05, 3.63) is 35.2 Å². The lowest BCUT2D eigenvalue weighted by Crippen LogP contribution is -2.47. The van der Waals surface area contributed by atoms with Crippen LogP contribution in [0.4, 0.5) is 19.0 Å². The monoisotopic (exact) mass is 360 g/mol. The third kappa shape index (κ3) is 3.96. The summed E-state index contributed by atoms with van der Waals surface area (Å²) in [6, 6.07) is 0.932. The van der Waals surface area contributed by atoms with Crippen molar-refractivity contribution in [2.45, 2.75) is 12.7 Å². The number of rotatable bonds is 4. The number of hydrogen-bond donors (Lipinski definition) is 0. The highest BCUT2D eigenvalue weighted by Gasteiger charge is 2.32. The molecule has 1 aliphatic heterocycles. The first-order chi connectivity index (χ1) is 11.4. The van der Waals surface area contributed by atoms with E-state index in [9.17, 15) is 13.2 Å². The number of alkyl halides is 3. The van der Waals surface area contributed by atoms with E-state index in [1.807, 2.05) is 11.1 Å². The van der Waals surface area contributed by atoms with Crippen LogP contribution in [0, 0.1) is 0 Å². The minimum absolute atomic E-state index is 0.0286. The van der Waals surface area contributed by atoms with Gasteiger partial charge in [-0.25, -0.2) is 4.98 Å². The molecule has 130 valence electrons. The molecule has 0 spiro atoms. The number of aromatic nitrogens is 4. The van der Waals surface area contributed by atoms with Crippen LogP contribution in [0.1, 0.15) is 5.56 Å². The van der Waals surface area contributed by atoms with Gasteiger partial charge in [-0.1, -0.05) is 16.8 Å². The molecule has 1 fully saturated rings. The molecule has 0 atom stereocenters. The third-order valence-electron chi connectivity index (χ3n) is 3.94. The molecule has 2 aromatic heterocycles. The van der Waals surface area contributed by atoms with Gasteiger partial charge in [0.15, 0.2) is 0 Å². The highest BCUT2D eigenvalue weighted by atomic mass is 35.5. The lowest BCUT2D eigenvalue weighted by atomic mass is 10.2. The predicted molar refractivity (Wildman–Crippen MR) is 82.9 cm³/mol. The van der Waals surface area contributed by atoms with E-state index >= 15 is 0 Å². The van der Waals surface area contributed by atoms with Crippen molar-refractivity contribution in [1.29, 1.82) is 0 Å². The molecule has 1 aliphatic rings. The Bertz CT molecular complexity index is 668. The van der Waals surface area contributed by atoms with Crippen molar-refractivity contribution in [3.8, 4) is 0 Å². The first-order valence-electron chi connectivity index (χ1n) is 7.47. The number of piperazine rings is 1. The lowest BCUT2D eigenvalue weighted by Gasteiger charge is -2.35. The normalized spacial score (nSPS) is 16.6. The van der Waals surface area contributed by atoms with Crippen molar-refractivity contribution in [1.82, 2.24) is 24.9 Å². The van der Waals surface area contributed by atoms with Crippen LogP contribution in [-0.2, 0) is 12.7 Å². The van der Waals surface area contributed by atoms with E-state index in [1.54, 1.807) is 10.9 Å². The lowest BCUT2D eigenvalue weighted by molar-refractivity contribution is -0.137. The number of pyridine rings is 1. The Balaban J connectivity index is 1.56. The highest BCUT2D eigenvalue weighted by Crippen LogP contribution is 2.33. The van der Waals surface area contributed by atoms with Gasteiger partial charge in [-0.2, -0.15) is 13.2 Å². The first kappa shape index (κ1) is 17.0. The van der Waals surface area contributed by atoms with Crippen LogP contribution in [0.3, 0.4) is 0 Å². The van der Waals surface area contributed by atoms with Gasteiger partial charge in [0.1, 0.15) is 5.82 Å². The Labute approximate surface area is 141 Å². The fraction of sp³-hybridized carbons (Fsp3) is 0.500. The smallest absolute Gasteiger partial charge is 0.353 e. The molecule has 10 heteroatoms. The highest BCUT2D eigenvalue weighted by molar-refractivity contribution is 6.33. The van der Waals surface area contributed by atoms with Crippen molar-refractivity contribution in [2.24, 2.45) is 0 Å². The van der Waals surface area contributed by atoms with Crippen LogP contribution in [-0.4, -0.2) is 57.6 Å². The predicted octanol–water partition coefficient (Wildman–Crippen LogP) is 2.17. The van der Waals surface area contributed by atoms with E-state index in [1.165, 1.54) is 0 Å². The van der Waals surface area contributed by atoms with Gasteiger partial charge < -0.3 is 4.90 Å². The maximum absolute atomic E-state index is 12.7. The molecule has 2 aromatic rings. The minimum atomic E-state index is -4.44. The zero-order valence-electron chi connectivity index (χ0n) is 12.7. The van der Waals surface area contributed by atoms with E-state index in [4.69, 9.17) is 11.6 Å². The van der Waals surface area contributed by atoms with Crippen LogP contribution < -0.4 is 4.90 Å². The SMILES string of the molecule is FC(F)(F)c1cnc(N2CCN(CCn3ccnn3)CC2)c(Cl)c1. The van der Waals surface area contributed by atoms with Crippen molar-refractivity contribution in [3.63, 3.8) is 0 Å². The fourth-order valence-electron chi connectivity index (χ4n) is 2.60. The second-order valence-electron chi connectivity index (χ2n) is 5.52. The Hall–Kier alpha value is -1.87. The van der Waals surface area contributed by atoms with E-state index in [0.29, 0.717) is 18.9 Å². The molecule has 0 N–H and O–H groups in total. The average molecular weight is 361 g/mol. The second-order valence-corrected chi connectivity index (χ2v) is 5.93. The summed E-state index contributed by atoms with van der Waals surface area (Å²) in [5.74, 6) is 0.403. The van der Waals surface area contributed by atoms with E-state index in [-0.39, 0.29) is 5.02 Å². The van der Waals surface area contributed by atoms with Crippen LogP contribution in [0.15, 0.2) is 24.7 Å². The van der Waals surface area contributed by atoms with Crippen molar-refractivity contribution < 1.29 is 13.2 Å². The van der Waals surface area contributed by atoms with Crippen LogP contribution >= 0.6 is 11.6 Å². The maximum Gasteiger partial charge on any atom is 0.417 e. The molecular weight excluding hydrogens is 345 g/mol. The summed E-state index contributed by atoms with van der Waals surface area (Å²) in [7, 11) is 0. The number of hydrogen-bond acceptors (Lipinski definition) is 5. The zero-order valence-corrected chi connectivity index (χ0v) is 13.5. The first-order valence-corrected chi connectivity index (χ1v) is 7.85. The summed E-state index contributed by atoms with van der Waals surface area (Å²) in [5, 5.41) is 7.70. The standard InChI is InChI=1S/C14H16ClF3N6/c15-12-9-11(14(16,17)18)10-19-13(12)23-6-3-22(4-7-23)5-8-24-2-1-20-21-24/h1-2,9-10H,3-8H2. The summed E-state index contributed by atoms with van der Waals surface area (Å²) < 4.78 is 39.8. The Morgan fingerprint density at radius 3 is 2.46 bits per heavy atom. The summed E-state index contributed by atoms with van der Waals surface area (Å²) in [6.45, 7) is 4.48. The van der Waals surface area contributed by atoms with Crippen LogP contribution in [0.25, 0.3) is 0 Å². The summed E-state index contributed by atoms with van der Waals surface area (Å²) >= 11 is 6.00. The fourth-order valence-corrected chi connectivity index (χ4v) is 2.88. The second kappa shape index (κ2) is 6.94. The number of nitrogens with zero attached hydrogens (tertiary/aromatic N) is 6. The van der Waals surface area contributed by atoms with E-state index in [2.05, 4.69) is 20.2 Å². The molecule has 0 radical (unpaired) electrons. The molecule has 0 bridgehead atoms. The minimum Gasteiger partial charge on any atom is -0.353 e.